The normalized spacial score (nSPS) is 20.2. The van der Waals surface area contributed by atoms with Gasteiger partial charge in [-0.2, -0.15) is 0 Å². The van der Waals surface area contributed by atoms with Crippen molar-refractivity contribution >= 4 is 29.9 Å². The van der Waals surface area contributed by atoms with Gasteiger partial charge in [-0.3, -0.25) is 4.79 Å². The maximum Gasteiger partial charge on any atom is 0.237 e. The van der Waals surface area contributed by atoms with Crippen LogP contribution in [0.15, 0.2) is 24.3 Å². The van der Waals surface area contributed by atoms with Crippen molar-refractivity contribution < 1.29 is 4.79 Å². The zero-order chi connectivity index (χ0) is 13.0. The van der Waals surface area contributed by atoms with Gasteiger partial charge in [0.15, 0.2) is 0 Å². The molecule has 1 aliphatic heterocycles. The second-order valence-corrected chi connectivity index (χ2v) is 5.22. The standard InChI is InChI=1S/C14H19ClN2O.ClH/c1-10(11-5-4-6-12(15)9-11)17-14(18)13-7-2-3-8-16-13;/h4-6,9-10,13,16H,2-3,7-8H2,1H3,(H,17,18);1H/t10-,13?;/m1./s1. The quantitative estimate of drug-likeness (QED) is 0.901. The summed E-state index contributed by atoms with van der Waals surface area (Å²) in [6, 6.07) is 7.55. The predicted molar refractivity (Wildman–Crippen MR) is 80.9 cm³/mol. The fraction of sp³-hybridized carbons (Fsp3) is 0.500. The fourth-order valence-electron chi connectivity index (χ4n) is 2.25. The van der Waals surface area contributed by atoms with Crippen LogP contribution in [0.25, 0.3) is 0 Å². The van der Waals surface area contributed by atoms with E-state index >= 15 is 0 Å². The molecule has 1 aliphatic rings. The predicted octanol–water partition coefficient (Wildman–Crippen LogP) is 3.08. The maximum absolute atomic E-state index is 12.1. The summed E-state index contributed by atoms with van der Waals surface area (Å²) >= 11 is 5.95. The summed E-state index contributed by atoms with van der Waals surface area (Å²) in [5.74, 6) is 0.0853. The van der Waals surface area contributed by atoms with Crippen molar-refractivity contribution in [1.82, 2.24) is 10.6 Å². The molecule has 2 atom stereocenters. The van der Waals surface area contributed by atoms with Crippen LogP contribution in [0.4, 0.5) is 0 Å². The zero-order valence-corrected chi connectivity index (χ0v) is 12.6. The van der Waals surface area contributed by atoms with E-state index in [1.807, 2.05) is 31.2 Å². The van der Waals surface area contributed by atoms with Gasteiger partial charge in [0.05, 0.1) is 12.1 Å². The smallest absolute Gasteiger partial charge is 0.237 e. The molecule has 1 amide bonds. The Morgan fingerprint density at radius 2 is 2.26 bits per heavy atom. The van der Waals surface area contributed by atoms with Crippen molar-refractivity contribution in [3.8, 4) is 0 Å². The second-order valence-electron chi connectivity index (χ2n) is 4.79. The molecule has 5 heteroatoms. The number of rotatable bonds is 3. The zero-order valence-electron chi connectivity index (χ0n) is 11.0. The Morgan fingerprint density at radius 1 is 1.47 bits per heavy atom. The van der Waals surface area contributed by atoms with Crippen molar-refractivity contribution in [2.24, 2.45) is 0 Å². The molecule has 106 valence electrons. The van der Waals surface area contributed by atoms with E-state index in [1.54, 1.807) is 0 Å². The first-order valence-corrected chi connectivity index (χ1v) is 6.84. The van der Waals surface area contributed by atoms with E-state index in [9.17, 15) is 4.79 Å². The van der Waals surface area contributed by atoms with Gasteiger partial charge in [0.1, 0.15) is 0 Å². The van der Waals surface area contributed by atoms with Crippen LogP contribution < -0.4 is 10.6 Å². The SMILES string of the molecule is C[C@@H](NC(=O)C1CCCCN1)c1cccc(Cl)c1.Cl. The monoisotopic (exact) mass is 302 g/mol. The highest BCUT2D eigenvalue weighted by molar-refractivity contribution is 6.30. The molecule has 3 nitrogen and oxygen atoms in total. The highest BCUT2D eigenvalue weighted by Crippen LogP contribution is 2.18. The Balaban J connectivity index is 0.00000180. The molecule has 0 aliphatic carbocycles. The van der Waals surface area contributed by atoms with Gasteiger partial charge in [0, 0.05) is 5.02 Å². The molecule has 0 radical (unpaired) electrons. The van der Waals surface area contributed by atoms with E-state index in [-0.39, 0.29) is 30.4 Å². The van der Waals surface area contributed by atoms with Gasteiger partial charge in [-0.05, 0) is 44.0 Å². The first kappa shape index (κ1) is 16.3. The lowest BCUT2D eigenvalue weighted by Gasteiger charge is -2.24. The van der Waals surface area contributed by atoms with Crippen molar-refractivity contribution in [2.75, 3.05) is 6.54 Å². The number of piperidine rings is 1. The lowest BCUT2D eigenvalue weighted by atomic mass is 10.0. The summed E-state index contributed by atoms with van der Waals surface area (Å²) in [4.78, 5) is 12.1. The number of benzene rings is 1. The summed E-state index contributed by atoms with van der Waals surface area (Å²) in [5, 5.41) is 6.98. The van der Waals surface area contributed by atoms with Crippen LogP contribution in [0.3, 0.4) is 0 Å². The molecule has 0 aromatic heterocycles. The van der Waals surface area contributed by atoms with Crippen molar-refractivity contribution in [3.63, 3.8) is 0 Å². The second kappa shape index (κ2) is 7.73. The summed E-state index contributed by atoms with van der Waals surface area (Å²) in [7, 11) is 0. The molecule has 1 aromatic carbocycles. The van der Waals surface area contributed by atoms with E-state index in [2.05, 4.69) is 10.6 Å². The van der Waals surface area contributed by atoms with E-state index in [0.717, 1.165) is 31.4 Å². The van der Waals surface area contributed by atoms with E-state index in [4.69, 9.17) is 11.6 Å². The third-order valence-electron chi connectivity index (χ3n) is 3.33. The third kappa shape index (κ3) is 4.68. The van der Waals surface area contributed by atoms with Crippen LogP contribution >= 0.6 is 24.0 Å². The van der Waals surface area contributed by atoms with Gasteiger partial charge in [-0.1, -0.05) is 30.2 Å². The van der Waals surface area contributed by atoms with Crippen LogP contribution in [-0.2, 0) is 4.79 Å². The number of hydrogen-bond donors (Lipinski definition) is 2. The first-order chi connectivity index (χ1) is 8.66. The Kier molecular flexibility index (Phi) is 6.63. The van der Waals surface area contributed by atoms with Gasteiger partial charge in [-0.25, -0.2) is 0 Å². The minimum absolute atomic E-state index is 0. The first-order valence-electron chi connectivity index (χ1n) is 6.46. The molecule has 0 spiro atoms. The number of halogens is 2. The van der Waals surface area contributed by atoms with Gasteiger partial charge in [-0.15, -0.1) is 12.4 Å². The molecular weight excluding hydrogens is 283 g/mol. The summed E-state index contributed by atoms with van der Waals surface area (Å²) in [6.45, 7) is 2.91. The fourth-order valence-corrected chi connectivity index (χ4v) is 2.45. The Labute approximate surface area is 125 Å². The molecule has 1 unspecified atom stereocenters. The summed E-state index contributed by atoms with van der Waals surface area (Å²) in [5.41, 5.74) is 1.03. The lowest BCUT2D eigenvalue weighted by Crippen LogP contribution is -2.47. The maximum atomic E-state index is 12.1. The molecule has 1 fully saturated rings. The Morgan fingerprint density at radius 3 is 2.89 bits per heavy atom. The summed E-state index contributed by atoms with van der Waals surface area (Å²) < 4.78 is 0. The topological polar surface area (TPSA) is 41.1 Å². The Hall–Kier alpha value is -0.770. The van der Waals surface area contributed by atoms with Gasteiger partial charge >= 0.3 is 0 Å². The number of carbonyl (C=O) groups is 1. The molecule has 2 N–H and O–H groups in total. The largest absolute Gasteiger partial charge is 0.348 e. The molecule has 2 rings (SSSR count). The van der Waals surface area contributed by atoms with Gasteiger partial charge in [0.2, 0.25) is 5.91 Å². The van der Waals surface area contributed by atoms with Crippen molar-refractivity contribution in [3.05, 3.63) is 34.9 Å². The van der Waals surface area contributed by atoms with Crippen LogP contribution in [0.1, 0.15) is 37.8 Å². The van der Waals surface area contributed by atoms with Crippen LogP contribution in [0.2, 0.25) is 5.02 Å². The van der Waals surface area contributed by atoms with Gasteiger partial charge in [0.25, 0.3) is 0 Å². The van der Waals surface area contributed by atoms with Crippen molar-refractivity contribution in [2.45, 2.75) is 38.3 Å². The molecule has 19 heavy (non-hydrogen) atoms. The third-order valence-corrected chi connectivity index (χ3v) is 3.57. The minimum Gasteiger partial charge on any atom is -0.348 e. The van der Waals surface area contributed by atoms with Crippen LogP contribution in [0, 0.1) is 0 Å². The van der Waals surface area contributed by atoms with Gasteiger partial charge < -0.3 is 10.6 Å². The highest BCUT2D eigenvalue weighted by atomic mass is 35.5. The van der Waals surface area contributed by atoms with Crippen molar-refractivity contribution in [1.29, 1.82) is 0 Å². The number of hydrogen-bond acceptors (Lipinski definition) is 2. The average molecular weight is 303 g/mol. The summed E-state index contributed by atoms with van der Waals surface area (Å²) in [6.07, 6.45) is 3.21. The van der Waals surface area contributed by atoms with E-state index in [1.165, 1.54) is 0 Å². The van der Waals surface area contributed by atoms with E-state index in [0.29, 0.717) is 5.02 Å². The molecular formula is C14H20Cl2N2O. The highest BCUT2D eigenvalue weighted by Gasteiger charge is 2.21. The molecule has 1 aromatic rings. The van der Waals surface area contributed by atoms with Crippen LogP contribution in [0.5, 0.6) is 0 Å². The van der Waals surface area contributed by atoms with Crippen LogP contribution in [-0.4, -0.2) is 18.5 Å². The Bertz CT molecular complexity index is 420. The van der Waals surface area contributed by atoms with E-state index < -0.39 is 0 Å². The average Bonchev–Trinajstić information content (AvgIpc) is 2.39. The molecule has 1 saturated heterocycles. The molecule has 1 heterocycles. The minimum atomic E-state index is -0.0413. The number of carbonyl (C=O) groups excluding carboxylic acids is 1. The molecule has 0 saturated carbocycles. The number of nitrogens with one attached hydrogen (secondary N) is 2. The number of amides is 1. The molecule has 0 bridgehead atoms. The lowest BCUT2D eigenvalue weighted by molar-refractivity contribution is -0.124.